The summed E-state index contributed by atoms with van der Waals surface area (Å²) in [5, 5.41) is 17.4. The van der Waals surface area contributed by atoms with E-state index in [1.807, 2.05) is 35.1 Å². The lowest BCUT2D eigenvalue weighted by Gasteiger charge is -2.30. The number of nitrogens with zero attached hydrogens (tertiary/aromatic N) is 6. The van der Waals surface area contributed by atoms with Crippen LogP contribution in [0, 0.1) is 5.82 Å². The summed E-state index contributed by atoms with van der Waals surface area (Å²) in [4.78, 5) is 16.0. The Hall–Kier alpha value is -4.22. The van der Waals surface area contributed by atoms with E-state index in [0.29, 0.717) is 48.2 Å². The first-order chi connectivity index (χ1) is 21.5. The van der Waals surface area contributed by atoms with Gasteiger partial charge in [0.2, 0.25) is 0 Å². The van der Waals surface area contributed by atoms with Crippen LogP contribution in [0.25, 0.3) is 44.2 Å². The highest BCUT2D eigenvalue weighted by Gasteiger charge is 2.49. The standard InChI is InChI=1S/C33H32F2N6O3/c34-22-14-33(10-3-11-40(33)18-22)19-44-32-38-29(21-15-37-41(17-21)23-8-12-43-13-9-23)25-16-36-31(28(35)30(25)39-32)27-24-5-2-1-4-20(24)6-7-26(27)42/h1-2,4-7,15-17,22-23,42H,3,8-14,18-19H2/t22-,33+/m1/s1. The van der Waals surface area contributed by atoms with Crippen molar-refractivity contribution in [1.82, 2.24) is 29.6 Å². The fourth-order valence-corrected chi connectivity index (χ4v) is 7.26. The highest BCUT2D eigenvalue weighted by Crippen LogP contribution is 2.42. The van der Waals surface area contributed by atoms with E-state index in [2.05, 4.69) is 20.0 Å². The van der Waals surface area contributed by atoms with E-state index < -0.39 is 17.5 Å². The van der Waals surface area contributed by atoms with Gasteiger partial charge < -0.3 is 14.6 Å². The minimum atomic E-state index is -0.901. The number of ether oxygens (including phenoxy) is 2. The van der Waals surface area contributed by atoms with Gasteiger partial charge in [-0.3, -0.25) is 14.6 Å². The number of pyridine rings is 1. The highest BCUT2D eigenvalue weighted by molar-refractivity contribution is 6.01. The highest BCUT2D eigenvalue weighted by atomic mass is 19.1. The zero-order valence-corrected chi connectivity index (χ0v) is 24.1. The van der Waals surface area contributed by atoms with Gasteiger partial charge in [-0.05, 0) is 49.1 Å². The summed E-state index contributed by atoms with van der Waals surface area (Å²) in [6.45, 7) is 2.79. The number of aromatic hydroxyl groups is 1. The Morgan fingerprint density at radius 3 is 2.80 bits per heavy atom. The normalized spacial score (nSPS) is 22.6. The number of alkyl halides is 1. The fourth-order valence-electron chi connectivity index (χ4n) is 7.26. The Bertz CT molecular complexity index is 1880. The molecule has 1 N–H and O–H groups in total. The molecule has 44 heavy (non-hydrogen) atoms. The van der Waals surface area contributed by atoms with Gasteiger partial charge in [-0.15, -0.1) is 0 Å². The van der Waals surface area contributed by atoms with Gasteiger partial charge in [-0.1, -0.05) is 30.3 Å². The topological polar surface area (TPSA) is 98.4 Å². The van der Waals surface area contributed by atoms with Crippen LogP contribution in [-0.2, 0) is 4.74 Å². The molecule has 226 valence electrons. The quantitative estimate of drug-likeness (QED) is 0.260. The third-order valence-electron chi connectivity index (χ3n) is 9.48. The smallest absolute Gasteiger partial charge is 0.317 e. The molecular weight excluding hydrogens is 566 g/mol. The number of phenols is 1. The predicted molar refractivity (Wildman–Crippen MR) is 161 cm³/mol. The van der Waals surface area contributed by atoms with E-state index in [9.17, 15) is 9.50 Å². The zero-order chi connectivity index (χ0) is 29.8. The molecule has 5 aromatic rings. The second-order valence-corrected chi connectivity index (χ2v) is 12.1. The van der Waals surface area contributed by atoms with Crippen LogP contribution < -0.4 is 4.74 Å². The number of benzene rings is 2. The Morgan fingerprint density at radius 2 is 1.91 bits per heavy atom. The molecule has 0 aliphatic carbocycles. The van der Waals surface area contributed by atoms with Gasteiger partial charge in [-0.2, -0.15) is 15.1 Å². The van der Waals surface area contributed by atoms with Gasteiger partial charge in [0.05, 0.1) is 29.0 Å². The number of rotatable bonds is 6. The maximum atomic E-state index is 16.6. The Balaban J connectivity index is 1.25. The Labute approximate surface area is 252 Å². The summed E-state index contributed by atoms with van der Waals surface area (Å²) in [5.74, 6) is -0.773. The Kier molecular flexibility index (Phi) is 6.67. The molecule has 0 saturated carbocycles. The van der Waals surface area contributed by atoms with Crippen LogP contribution in [0.3, 0.4) is 0 Å². The van der Waals surface area contributed by atoms with Crippen LogP contribution in [0.4, 0.5) is 8.78 Å². The van der Waals surface area contributed by atoms with Crippen LogP contribution >= 0.6 is 0 Å². The van der Waals surface area contributed by atoms with Gasteiger partial charge in [0.1, 0.15) is 29.7 Å². The molecule has 0 amide bonds. The number of fused-ring (bicyclic) bond motifs is 3. The van der Waals surface area contributed by atoms with Crippen molar-refractivity contribution < 1.29 is 23.4 Å². The lowest BCUT2D eigenvalue weighted by molar-refractivity contribution is 0.0662. The van der Waals surface area contributed by atoms with Crippen molar-refractivity contribution in [3.63, 3.8) is 0 Å². The van der Waals surface area contributed by atoms with Gasteiger partial charge in [-0.25, -0.2) is 8.78 Å². The van der Waals surface area contributed by atoms with Crippen LogP contribution in [0.15, 0.2) is 55.0 Å². The Morgan fingerprint density at radius 1 is 1.05 bits per heavy atom. The first-order valence-electron chi connectivity index (χ1n) is 15.2. The molecule has 2 atom stereocenters. The van der Waals surface area contributed by atoms with E-state index in [-0.39, 0.29) is 41.2 Å². The fraction of sp³-hybridized carbons (Fsp3) is 0.394. The molecule has 3 aromatic heterocycles. The molecular formula is C33H32F2N6O3. The number of aromatic nitrogens is 5. The van der Waals surface area contributed by atoms with E-state index >= 15 is 4.39 Å². The molecule has 6 heterocycles. The molecule has 8 rings (SSSR count). The largest absolute Gasteiger partial charge is 0.507 e. The molecule has 3 aliphatic rings. The summed E-state index contributed by atoms with van der Waals surface area (Å²) in [5.41, 5.74) is 1.01. The number of halogens is 2. The van der Waals surface area contributed by atoms with Crippen molar-refractivity contribution >= 4 is 21.7 Å². The molecule has 0 spiro atoms. The van der Waals surface area contributed by atoms with Crippen molar-refractivity contribution in [2.24, 2.45) is 0 Å². The third kappa shape index (κ3) is 4.57. The average Bonchev–Trinajstić information content (AvgIpc) is 3.76. The second-order valence-electron chi connectivity index (χ2n) is 12.1. The molecule has 0 radical (unpaired) electrons. The van der Waals surface area contributed by atoms with Crippen LogP contribution in [0.2, 0.25) is 0 Å². The van der Waals surface area contributed by atoms with Crippen molar-refractivity contribution in [2.75, 3.05) is 32.9 Å². The summed E-state index contributed by atoms with van der Waals surface area (Å²) >= 11 is 0. The summed E-state index contributed by atoms with van der Waals surface area (Å²) < 4.78 is 44.7. The van der Waals surface area contributed by atoms with Gasteiger partial charge in [0.15, 0.2) is 5.82 Å². The van der Waals surface area contributed by atoms with E-state index in [0.717, 1.165) is 37.6 Å². The first-order valence-corrected chi connectivity index (χ1v) is 15.2. The second kappa shape index (κ2) is 10.7. The average molecular weight is 599 g/mol. The molecule has 3 fully saturated rings. The van der Waals surface area contributed by atoms with E-state index in [1.165, 1.54) is 0 Å². The lowest BCUT2D eigenvalue weighted by atomic mass is 9.95. The predicted octanol–water partition coefficient (Wildman–Crippen LogP) is 5.86. The molecule has 2 aromatic carbocycles. The lowest BCUT2D eigenvalue weighted by Crippen LogP contribution is -2.43. The molecule has 0 unspecified atom stereocenters. The van der Waals surface area contributed by atoms with Gasteiger partial charge >= 0.3 is 6.01 Å². The maximum Gasteiger partial charge on any atom is 0.317 e. The minimum Gasteiger partial charge on any atom is -0.507 e. The van der Waals surface area contributed by atoms with Crippen molar-refractivity contribution in [2.45, 2.75) is 49.9 Å². The van der Waals surface area contributed by atoms with Gasteiger partial charge in [0, 0.05) is 49.5 Å². The number of hydrogen-bond donors (Lipinski definition) is 1. The summed E-state index contributed by atoms with van der Waals surface area (Å²) in [6, 6.07) is 11.0. The van der Waals surface area contributed by atoms with Gasteiger partial charge in [0.25, 0.3) is 0 Å². The summed E-state index contributed by atoms with van der Waals surface area (Å²) in [7, 11) is 0. The zero-order valence-electron chi connectivity index (χ0n) is 24.1. The number of phenolic OH excluding ortho intramolecular Hbond substituents is 1. The van der Waals surface area contributed by atoms with E-state index in [1.54, 1.807) is 24.5 Å². The van der Waals surface area contributed by atoms with Crippen LogP contribution in [-0.4, -0.2) is 79.4 Å². The van der Waals surface area contributed by atoms with E-state index in [4.69, 9.17) is 14.5 Å². The van der Waals surface area contributed by atoms with Crippen molar-refractivity contribution in [1.29, 1.82) is 0 Å². The minimum absolute atomic E-state index is 0.00745. The third-order valence-corrected chi connectivity index (χ3v) is 9.48. The molecule has 9 nitrogen and oxygen atoms in total. The monoisotopic (exact) mass is 598 g/mol. The van der Waals surface area contributed by atoms with Crippen molar-refractivity contribution in [3.8, 4) is 34.3 Å². The number of hydrogen-bond acceptors (Lipinski definition) is 8. The molecule has 0 bridgehead atoms. The molecule has 3 aliphatic heterocycles. The van der Waals surface area contributed by atoms with Crippen LogP contribution in [0.5, 0.6) is 11.8 Å². The SMILES string of the molecule is Oc1ccc2ccccc2c1-c1ncc2c(-c3cnn(C4CCOCC4)c3)nc(OC[C@@]34CCCN3C[C@H](F)C4)nc2c1F. The first kappa shape index (κ1) is 27.3. The summed E-state index contributed by atoms with van der Waals surface area (Å²) in [6.07, 6.45) is 8.16. The molecule has 11 heteroatoms. The van der Waals surface area contributed by atoms with Crippen molar-refractivity contribution in [3.05, 3.63) is 60.8 Å². The maximum absolute atomic E-state index is 16.6. The van der Waals surface area contributed by atoms with Crippen LogP contribution in [0.1, 0.15) is 38.1 Å². The molecule has 3 saturated heterocycles.